The number of nitrogens with zero attached hydrogens (tertiary/aromatic N) is 1. The first kappa shape index (κ1) is 10.5. The maximum atomic E-state index is 10.5. The van der Waals surface area contributed by atoms with Gasteiger partial charge < -0.3 is 10.8 Å². The number of rotatable bonds is 3. The largest absolute Gasteiger partial charge is 0.480 e. The summed E-state index contributed by atoms with van der Waals surface area (Å²) in [5.41, 5.74) is 5.61. The molecule has 0 aromatic carbocycles. The second kappa shape index (κ2) is 4.58. The van der Waals surface area contributed by atoms with Gasteiger partial charge in [0.05, 0.1) is 6.54 Å². The van der Waals surface area contributed by atoms with E-state index in [1.165, 1.54) is 0 Å². The lowest BCUT2D eigenvalue weighted by Gasteiger charge is -2.35. The van der Waals surface area contributed by atoms with Gasteiger partial charge in [0.1, 0.15) is 0 Å². The molecule has 1 fully saturated rings. The van der Waals surface area contributed by atoms with Crippen LogP contribution in [0, 0.1) is 11.8 Å². The van der Waals surface area contributed by atoms with Gasteiger partial charge >= 0.3 is 5.97 Å². The van der Waals surface area contributed by atoms with E-state index in [1.54, 1.807) is 0 Å². The molecule has 0 radical (unpaired) electrons. The Hall–Kier alpha value is -0.610. The molecule has 0 spiro atoms. The molecule has 3 N–H and O–H groups in total. The lowest BCUT2D eigenvalue weighted by molar-refractivity contribution is -0.138. The number of piperidine rings is 1. The number of hydrogen-bond donors (Lipinski definition) is 2. The van der Waals surface area contributed by atoms with Crippen LogP contribution in [0.2, 0.25) is 0 Å². The van der Waals surface area contributed by atoms with E-state index in [0.717, 1.165) is 19.5 Å². The van der Waals surface area contributed by atoms with Crippen LogP contribution in [-0.4, -0.2) is 42.2 Å². The van der Waals surface area contributed by atoms with E-state index >= 15 is 0 Å². The summed E-state index contributed by atoms with van der Waals surface area (Å²) in [7, 11) is 0. The highest BCUT2D eigenvalue weighted by Crippen LogP contribution is 2.21. The second-order valence-electron chi connectivity index (χ2n) is 3.89. The number of carboxylic acid groups (broad SMARTS) is 1. The summed E-state index contributed by atoms with van der Waals surface area (Å²) in [5, 5.41) is 8.62. The van der Waals surface area contributed by atoms with Crippen LogP contribution in [0.15, 0.2) is 0 Å². The van der Waals surface area contributed by atoms with E-state index in [1.807, 2.05) is 4.90 Å². The Morgan fingerprint density at radius 1 is 1.69 bits per heavy atom. The number of likely N-dealkylation sites (tertiary alicyclic amines) is 1. The van der Waals surface area contributed by atoms with E-state index in [9.17, 15) is 4.79 Å². The highest BCUT2D eigenvalue weighted by Gasteiger charge is 2.25. The first-order valence-electron chi connectivity index (χ1n) is 4.77. The van der Waals surface area contributed by atoms with Crippen LogP contribution in [0.5, 0.6) is 0 Å². The Kier molecular flexibility index (Phi) is 3.69. The van der Waals surface area contributed by atoms with Crippen LogP contribution in [0.1, 0.15) is 13.3 Å². The van der Waals surface area contributed by atoms with Crippen molar-refractivity contribution >= 4 is 5.97 Å². The number of aliphatic carboxylic acids is 1. The average molecular weight is 186 g/mol. The number of nitrogens with two attached hydrogens (primary N) is 1. The summed E-state index contributed by atoms with van der Waals surface area (Å²) >= 11 is 0. The zero-order chi connectivity index (χ0) is 9.84. The standard InChI is InChI=1S/C9H18N2O2/c1-7-2-3-11(6-9(12)13)5-8(7)4-10/h7-8H,2-6,10H2,1H3,(H,12,13). The molecule has 1 rings (SSSR count). The van der Waals surface area contributed by atoms with Crippen LogP contribution >= 0.6 is 0 Å². The van der Waals surface area contributed by atoms with Crippen molar-refractivity contribution in [2.75, 3.05) is 26.2 Å². The van der Waals surface area contributed by atoms with Crippen LogP contribution in [0.3, 0.4) is 0 Å². The molecule has 0 saturated carbocycles. The lowest BCUT2D eigenvalue weighted by atomic mass is 9.87. The van der Waals surface area contributed by atoms with E-state index in [0.29, 0.717) is 18.4 Å². The highest BCUT2D eigenvalue weighted by molar-refractivity contribution is 5.69. The van der Waals surface area contributed by atoms with Crippen molar-refractivity contribution in [3.05, 3.63) is 0 Å². The summed E-state index contributed by atoms with van der Waals surface area (Å²) < 4.78 is 0. The minimum Gasteiger partial charge on any atom is -0.480 e. The molecule has 1 saturated heterocycles. The van der Waals surface area contributed by atoms with Crippen LogP contribution in [0.25, 0.3) is 0 Å². The molecule has 0 aromatic heterocycles. The molecular formula is C9H18N2O2. The van der Waals surface area contributed by atoms with E-state index < -0.39 is 5.97 Å². The van der Waals surface area contributed by atoms with Crippen molar-refractivity contribution in [2.45, 2.75) is 13.3 Å². The van der Waals surface area contributed by atoms with Gasteiger partial charge in [-0.1, -0.05) is 6.92 Å². The topological polar surface area (TPSA) is 66.6 Å². The molecule has 13 heavy (non-hydrogen) atoms. The van der Waals surface area contributed by atoms with Gasteiger partial charge in [-0.05, 0) is 31.3 Å². The molecule has 0 amide bonds. The smallest absolute Gasteiger partial charge is 0.317 e. The van der Waals surface area contributed by atoms with Crippen LogP contribution < -0.4 is 5.73 Å². The van der Waals surface area contributed by atoms with Gasteiger partial charge in [-0.25, -0.2) is 0 Å². The first-order valence-corrected chi connectivity index (χ1v) is 4.77. The molecule has 1 aliphatic rings. The summed E-state index contributed by atoms with van der Waals surface area (Å²) in [5.74, 6) is 0.355. The van der Waals surface area contributed by atoms with Crippen molar-refractivity contribution in [1.29, 1.82) is 0 Å². The van der Waals surface area contributed by atoms with Gasteiger partial charge in [-0.2, -0.15) is 0 Å². The van der Waals surface area contributed by atoms with E-state index in [2.05, 4.69) is 6.92 Å². The van der Waals surface area contributed by atoms with Crippen molar-refractivity contribution < 1.29 is 9.90 Å². The zero-order valence-corrected chi connectivity index (χ0v) is 8.07. The van der Waals surface area contributed by atoms with Gasteiger partial charge in [0.15, 0.2) is 0 Å². The van der Waals surface area contributed by atoms with Gasteiger partial charge in [-0.15, -0.1) is 0 Å². The number of carbonyl (C=O) groups is 1. The minimum absolute atomic E-state index is 0.156. The summed E-state index contributed by atoms with van der Waals surface area (Å²) in [4.78, 5) is 12.4. The van der Waals surface area contributed by atoms with Crippen molar-refractivity contribution in [3.8, 4) is 0 Å². The Balaban J connectivity index is 2.40. The minimum atomic E-state index is -0.745. The number of hydrogen-bond acceptors (Lipinski definition) is 3. The predicted octanol–water partition coefficient (Wildman–Crippen LogP) is -0.0123. The molecule has 0 aliphatic carbocycles. The van der Waals surface area contributed by atoms with E-state index in [-0.39, 0.29) is 6.54 Å². The third kappa shape index (κ3) is 2.97. The monoisotopic (exact) mass is 186 g/mol. The van der Waals surface area contributed by atoms with Crippen molar-refractivity contribution in [1.82, 2.24) is 4.90 Å². The average Bonchev–Trinajstić information content (AvgIpc) is 2.07. The summed E-state index contributed by atoms with van der Waals surface area (Å²) in [6, 6.07) is 0. The molecule has 0 bridgehead atoms. The quantitative estimate of drug-likeness (QED) is 0.650. The molecule has 1 heterocycles. The van der Waals surface area contributed by atoms with Crippen molar-refractivity contribution in [2.24, 2.45) is 17.6 Å². The van der Waals surface area contributed by atoms with Gasteiger partial charge in [0.2, 0.25) is 0 Å². The summed E-state index contributed by atoms with van der Waals surface area (Å²) in [6.45, 7) is 4.74. The fraction of sp³-hybridized carbons (Fsp3) is 0.889. The molecular weight excluding hydrogens is 168 g/mol. The Morgan fingerprint density at radius 2 is 2.38 bits per heavy atom. The van der Waals surface area contributed by atoms with Crippen molar-refractivity contribution in [3.63, 3.8) is 0 Å². The molecule has 4 nitrogen and oxygen atoms in total. The third-order valence-electron chi connectivity index (χ3n) is 2.86. The third-order valence-corrected chi connectivity index (χ3v) is 2.86. The molecule has 2 unspecified atom stereocenters. The van der Waals surface area contributed by atoms with Crippen LogP contribution in [-0.2, 0) is 4.79 Å². The van der Waals surface area contributed by atoms with Gasteiger partial charge in [0.25, 0.3) is 0 Å². The SMILES string of the molecule is CC1CCN(CC(=O)O)CC1CN. The lowest BCUT2D eigenvalue weighted by Crippen LogP contribution is -2.44. The highest BCUT2D eigenvalue weighted by atomic mass is 16.4. The fourth-order valence-corrected chi connectivity index (χ4v) is 1.87. The normalized spacial score (nSPS) is 30.3. The predicted molar refractivity (Wildman–Crippen MR) is 50.4 cm³/mol. The Labute approximate surface area is 78.7 Å². The maximum Gasteiger partial charge on any atom is 0.317 e. The zero-order valence-electron chi connectivity index (χ0n) is 8.07. The molecule has 76 valence electrons. The number of carboxylic acids is 1. The Bertz CT molecular complexity index is 184. The van der Waals surface area contributed by atoms with E-state index in [4.69, 9.17) is 10.8 Å². The Morgan fingerprint density at radius 3 is 2.92 bits per heavy atom. The first-order chi connectivity index (χ1) is 6.13. The molecule has 2 atom stereocenters. The van der Waals surface area contributed by atoms with Crippen LogP contribution in [0.4, 0.5) is 0 Å². The second-order valence-corrected chi connectivity index (χ2v) is 3.89. The van der Waals surface area contributed by atoms with Gasteiger partial charge in [0, 0.05) is 6.54 Å². The summed E-state index contributed by atoms with van der Waals surface area (Å²) in [6.07, 6.45) is 1.06. The molecule has 4 heteroatoms. The van der Waals surface area contributed by atoms with Gasteiger partial charge in [-0.3, -0.25) is 9.69 Å². The molecule has 0 aromatic rings. The fourth-order valence-electron chi connectivity index (χ4n) is 1.87. The maximum absolute atomic E-state index is 10.5. The molecule has 1 aliphatic heterocycles.